The van der Waals surface area contributed by atoms with Crippen LogP contribution in [0, 0.1) is 17.2 Å². The minimum Gasteiger partial charge on any atom is -0.340 e. The zero-order valence-electron chi connectivity index (χ0n) is 16.2. The fourth-order valence-electron chi connectivity index (χ4n) is 2.82. The average Bonchev–Trinajstić information content (AvgIpc) is 3.57. The Balaban J connectivity index is 1.44. The second-order valence-corrected chi connectivity index (χ2v) is 6.95. The van der Waals surface area contributed by atoms with Gasteiger partial charge in [0.25, 0.3) is 5.91 Å². The van der Waals surface area contributed by atoms with Crippen molar-refractivity contribution in [1.82, 2.24) is 9.97 Å². The summed E-state index contributed by atoms with van der Waals surface area (Å²) in [6.07, 6.45) is 5.48. The van der Waals surface area contributed by atoms with Crippen LogP contribution in [-0.2, 0) is 4.79 Å². The predicted molar refractivity (Wildman–Crippen MR) is 117 cm³/mol. The summed E-state index contributed by atoms with van der Waals surface area (Å²) in [5, 5.41) is 18.3. The molecule has 1 fully saturated rings. The SMILES string of the molecule is N#C/C(=C/C1CC1)C(=O)Nc1cccc(Nc2nccc(Nc3ccccc3)n2)c1. The van der Waals surface area contributed by atoms with E-state index in [0.717, 1.165) is 18.5 Å². The summed E-state index contributed by atoms with van der Waals surface area (Å²) in [7, 11) is 0. The highest BCUT2D eigenvalue weighted by Crippen LogP contribution is 2.31. The number of carbonyl (C=O) groups is 1. The van der Waals surface area contributed by atoms with Crippen molar-refractivity contribution >= 4 is 34.7 Å². The Morgan fingerprint density at radius 2 is 1.77 bits per heavy atom. The first-order valence-electron chi connectivity index (χ1n) is 9.65. The molecule has 0 bridgehead atoms. The van der Waals surface area contributed by atoms with Crippen LogP contribution >= 0.6 is 0 Å². The molecular weight excluding hydrogens is 376 g/mol. The maximum Gasteiger partial charge on any atom is 0.265 e. The largest absolute Gasteiger partial charge is 0.340 e. The molecule has 1 aliphatic carbocycles. The molecule has 1 aliphatic rings. The number of allylic oxidation sites excluding steroid dienone is 1. The number of amides is 1. The molecule has 2 aromatic carbocycles. The van der Waals surface area contributed by atoms with E-state index in [9.17, 15) is 10.1 Å². The molecule has 0 unspecified atom stereocenters. The van der Waals surface area contributed by atoms with Gasteiger partial charge < -0.3 is 16.0 Å². The molecule has 0 atom stereocenters. The number of nitrogens with zero attached hydrogens (tertiary/aromatic N) is 3. The van der Waals surface area contributed by atoms with Gasteiger partial charge >= 0.3 is 0 Å². The monoisotopic (exact) mass is 396 g/mol. The molecule has 30 heavy (non-hydrogen) atoms. The molecule has 7 nitrogen and oxygen atoms in total. The van der Waals surface area contributed by atoms with Crippen LogP contribution in [0.25, 0.3) is 0 Å². The van der Waals surface area contributed by atoms with Gasteiger partial charge in [-0.05, 0) is 55.2 Å². The van der Waals surface area contributed by atoms with Crippen LogP contribution in [-0.4, -0.2) is 15.9 Å². The smallest absolute Gasteiger partial charge is 0.265 e. The van der Waals surface area contributed by atoms with Crippen molar-refractivity contribution in [3.63, 3.8) is 0 Å². The number of carbonyl (C=O) groups excluding carboxylic acids is 1. The third kappa shape index (κ3) is 5.20. The molecule has 7 heteroatoms. The maximum atomic E-state index is 12.3. The van der Waals surface area contributed by atoms with Gasteiger partial charge in [-0.1, -0.05) is 30.3 Å². The van der Waals surface area contributed by atoms with Crippen molar-refractivity contribution in [1.29, 1.82) is 5.26 Å². The zero-order chi connectivity index (χ0) is 20.8. The molecule has 3 aromatic rings. The lowest BCUT2D eigenvalue weighted by Gasteiger charge is -2.10. The van der Waals surface area contributed by atoms with E-state index in [4.69, 9.17) is 0 Å². The Labute approximate surface area is 174 Å². The third-order valence-electron chi connectivity index (χ3n) is 4.47. The number of aromatic nitrogens is 2. The van der Waals surface area contributed by atoms with Crippen LogP contribution in [0.1, 0.15) is 12.8 Å². The summed E-state index contributed by atoms with van der Waals surface area (Å²) >= 11 is 0. The van der Waals surface area contributed by atoms with E-state index in [0.29, 0.717) is 29.1 Å². The lowest BCUT2D eigenvalue weighted by Crippen LogP contribution is -2.13. The van der Waals surface area contributed by atoms with E-state index in [1.165, 1.54) is 0 Å². The number of para-hydroxylation sites is 1. The number of hydrogen-bond donors (Lipinski definition) is 3. The van der Waals surface area contributed by atoms with Gasteiger partial charge in [-0.2, -0.15) is 10.2 Å². The average molecular weight is 396 g/mol. The molecule has 0 spiro atoms. The molecule has 3 N–H and O–H groups in total. The molecule has 0 aliphatic heterocycles. The van der Waals surface area contributed by atoms with E-state index in [1.54, 1.807) is 36.5 Å². The Bertz CT molecular complexity index is 1120. The van der Waals surface area contributed by atoms with Crippen LogP contribution in [0.4, 0.5) is 28.8 Å². The summed E-state index contributed by atoms with van der Waals surface area (Å²) in [4.78, 5) is 21.0. The number of anilines is 5. The third-order valence-corrected chi connectivity index (χ3v) is 4.47. The van der Waals surface area contributed by atoms with E-state index >= 15 is 0 Å². The lowest BCUT2D eigenvalue weighted by atomic mass is 10.2. The quantitative estimate of drug-likeness (QED) is 0.393. The first-order valence-corrected chi connectivity index (χ1v) is 9.65. The van der Waals surface area contributed by atoms with E-state index in [1.807, 2.05) is 42.5 Å². The van der Waals surface area contributed by atoms with Crippen LogP contribution in [0.2, 0.25) is 0 Å². The minimum atomic E-state index is -0.396. The number of nitrogens with one attached hydrogen (secondary N) is 3. The van der Waals surface area contributed by atoms with E-state index in [-0.39, 0.29) is 5.57 Å². The van der Waals surface area contributed by atoms with Crippen LogP contribution in [0.15, 0.2) is 78.5 Å². The highest BCUT2D eigenvalue weighted by molar-refractivity contribution is 6.06. The number of rotatable bonds is 7. The molecule has 148 valence electrons. The maximum absolute atomic E-state index is 12.3. The lowest BCUT2D eigenvalue weighted by molar-refractivity contribution is -0.112. The fraction of sp³-hybridized carbons (Fsp3) is 0.130. The first kappa shape index (κ1) is 19.2. The van der Waals surface area contributed by atoms with Crippen molar-refractivity contribution < 1.29 is 4.79 Å². The molecule has 1 amide bonds. The molecule has 1 saturated carbocycles. The summed E-state index contributed by atoms with van der Waals surface area (Å²) in [6.45, 7) is 0. The van der Waals surface area contributed by atoms with Crippen molar-refractivity contribution in [3.8, 4) is 6.07 Å². The zero-order valence-corrected chi connectivity index (χ0v) is 16.2. The van der Waals surface area contributed by atoms with Gasteiger partial charge in [0.05, 0.1) is 0 Å². The molecule has 4 rings (SSSR count). The summed E-state index contributed by atoms with van der Waals surface area (Å²) in [5.41, 5.74) is 2.38. The molecular formula is C23H20N6O. The van der Waals surface area contributed by atoms with Gasteiger partial charge in [0.1, 0.15) is 17.5 Å². The van der Waals surface area contributed by atoms with Gasteiger partial charge in [0, 0.05) is 23.3 Å². The van der Waals surface area contributed by atoms with Gasteiger partial charge in [-0.3, -0.25) is 4.79 Å². The first-order chi connectivity index (χ1) is 14.7. The number of hydrogen-bond acceptors (Lipinski definition) is 6. The van der Waals surface area contributed by atoms with Crippen molar-refractivity contribution in [2.24, 2.45) is 5.92 Å². The van der Waals surface area contributed by atoms with Gasteiger partial charge in [-0.25, -0.2) is 4.98 Å². The normalized spacial score (nSPS) is 13.2. The second kappa shape index (κ2) is 8.88. The topological polar surface area (TPSA) is 103 Å². The Morgan fingerprint density at radius 1 is 1.00 bits per heavy atom. The van der Waals surface area contributed by atoms with Crippen LogP contribution < -0.4 is 16.0 Å². The summed E-state index contributed by atoms with van der Waals surface area (Å²) in [6, 6.07) is 20.7. The van der Waals surface area contributed by atoms with Crippen molar-refractivity contribution in [2.75, 3.05) is 16.0 Å². The van der Waals surface area contributed by atoms with E-state index < -0.39 is 5.91 Å². The van der Waals surface area contributed by atoms with Crippen molar-refractivity contribution in [2.45, 2.75) is 12.8 Å². The standard InChI is InChI=1S/C23H20N6O/c24-15-17(13-16-9-10-16)22(30)27-19-7-4-8-20(14-19)28-23-25-12-11-21(29-23)26-18-5-2-1-3-6-18/h1-8,11-14,16H,9-10H2,(H,27,30)(H2,25,26,28,29)/b17-13-. The molecule has 1 aromatic heterocycles. The Hall–Kier alpha value is -4.18. The Morgan fingerprint density at radius 3 is 2.53 bits per heavy atom. The summed E-state index contributed by atoms with van der Waals surface area (Å²) < 4.78 is 0. The van der Waals surface area contributed by atoms with Crippen LogP contribution in [0.5, 0.6) is 0 Å². The predicted octanol–water partition coefficient (Wildman–Crippen LogP) is 4.76. The molecule has 0 saturated heterocycles. The molecule has 1 heterocycles. The van der Waals surface area contributed by atoms with Gasteiger partial charge in [0.2, 0.25) is 5.95 Å². The number of nitriles is 1. The highest BCUT2D eigenvalue weighted by atomic mass is 16.1. The van der Waals surface area contributed by atoms with Crippen LogP contribution in [0.3, 0.4) is 0 Å². The fourth-order valence-corrected chi connectivity index (χ4v) is 2.82. The number of benzene rings is 2. The van der Waals surface area contributed by atoms with Gasteiger partial charge in [0.15, 0.2) is 0 Å². The highest BCUT2D eigenvalue weighted by Gasteiger charge is 2.21. The summed E-state index contributed by atoms with van der Waals surface area (Å²) in [5.74, 6) is 1.04. The van der Waals surface area contributed by atoms with Crippen molar-refractivity contribution in [3.05, 3.63) is 78.5 Å². The second-order valence-electron chi connectivity index (χ2n) is 6.95. The van der Waals surface area contributed by atoms with Gasteiger partial charge in [-0.15, -0.1) is 0 Å². The van der Waals surface area contributed by atoms with E-state index in [2.05, 4.69) is 25.9 Å². The Kier molecular flexibility index (Phi) is 5.67. The molecule has 0 radical (unpaired) electrons. The minimum absolute atomic E-state index is 0.152.